The lowest BCUT2D eigenvalue weighted by atomic mass is 10.0. The highest BCUT2D eigenvalue weighted by molar-refractivity contribution is 7.89. The van der Waals surface area contributed by atoms with Crippen LogP contribution in [0.25, 0.3) is 0 Å². The monoisotopic (exact) mass is 410 g/mol. The average molecular weight is 411 g/mol. The van der Waals surface area contributed by atoms with Gasteiger partial charge in [0.15, 0.2) is 0 Å². The highest BCUT2D eigenvalue weighted by Crippen LogP contribution is 2.17. The van der Waals surface area contributed by atoms with Gasteiger partial charge in [-0.15, -0.1) is 0 Å². The Labute approximate surface area is 172 Å². The Kier molecular flexibility index (Phi) is 7.01. The fourth-order valence-corrected chi connectivity index (χ4v) is 3.94. The Morgan fingerprint density at radius 3 is 2.45 bits per heavy atom. The lowest BCUT2D eigenvalue weighted by Crippen LogP contribution is -2.23. The van der Waals surface area contributed by atoms with Gasteiger partial charge in [0.05, 0.1) is 10.6 Å². The number of sulfonamides is 1. The molecule has 0 aliphatic carbocycles. The molecule has 152 valence electrons. The van der Waals surface area contributed by atoms with Gasteiger partial charge in [0.1, 0.15) is 12.4 Å². The average Bonchev–Trinajstić information content (AvgIpc) is 2.72. The van der Waals surface area contributed by atoms with Crippen molar-refractivity contribution in [2.45, 2.75) is 38.3 Å². The molecule has 1 aromatic heterocycles. The number of ether oxygens (including phenoxy) is 1. The number of hydrogen-bond donors (Lipinski definition) is 1. The molecule has 0 saturated carbocycles. The summed E-state index contributed by atoms with van der Waals surface area (Å²) in [5, 5.41) is 0. The van der Waals surface area contributed by atoms with Gasteiger partial charge in [-0.25, -0.2) is 13.1 Å². The molecular formula is C23H26N2O3S. The van der Waals surface area contributed by atoms with E-state index >= 15 is 0 Å². The van der Waals surface area contributed by atoms with Gasteiger partial charge in [-0.1, -0.05) is 44.2 Å². The lowest BCUT2D eigenvalue weighted by Gasteiger charge is -2.10. The molecule has 0 bridgehead atoms. The zero-order valence-electron chi connectivity index (χ0n) is 16.7. The van der Waals surface area contributed by atoms with Crippen LogP contribution in [0.2, 0.25) is 0 Å². The van der Waals surface area contributed by atoms with Gasteiger partial charge in [0, 0.05) is 12.7 Å². The van der Waals surface area contributed by atoms with E-state index in [9.17, 15) is 8.42 Å². The molecule has 6 heteroatoms. The van der Waals surface area contributed by atoms with Crippen LogP contribution in [0.1, 0.15) is 30.7 Å². The van der Waals surface area contributed by atoms with Gasteiger partial charge in [-0.05, 0) is 59.9 Å². The third-order valence-electron chi connectivity index (χ3n) is 4.36. The summed E-state index contributed by atoms with van der Waals surface area (Å²) in [5.74, 6) is 1.20. The van der Waals surface area contributed by atoms with E-state index in [1.54, 1.807) is 18.3 Å². The largest absolute Gasteiger partial charge is 0.487 e. The molecule has 0 aliphatic rings. The lowest BCUT2D eigenvalue weighted by molar-refractivity contribution is 0.301. The van der Waals surface area contributed by atoms with E-state index in [4.69, 9.17) is 4.74 Å². The number of aromatic nitrogens is 1. The normalized spacial score (nSPS) is 11.6. The van der Waals surface area contributed by atoms with E-state index in [1.807, 2.05) is 54.6 Å². The Hall–Kier alpha value is -2.70. The van der Waals surface area contributed by atoms with Crippen LogP contribution in [0.15, 0.2) is 77.8 Å². The smallest absolute Gasteiger partial charge is 0.240 e. The van der Waals surface area contributed by atoms with E-state index < -0.39 is 10.0 Å². The molecule has 3 aromatic rings. The molecular weight excluding hydrogens is 384 g/mol. The molecule has 2 aromatic carbocycles. The van der Waals surface area contributed by atoms with Crippen molar-refractivity contribution >= 4 is 10.0 Å². The summed E-state index contributed by atoms with van der Waals surface area (Å²) < 4.78 is 33.6. The van der Waals surface area contributed by atoms with Gasteiger partial charge in [0.25, 0.3) is 0 Å². The number of nitrogens with one attached hydrogen (secondary N) is 1. The summed E-state index contributed by atoms with van der Waals surface area (Å²) in [6.45, 7) is 4.83. The fraction of sp³-hybridized carbons (Fsp3) is 0.261. The Balaban J connectivity index is 1.60. The molecule has 0 saturated heterocycles. The first-order valence-corrected chi connectivity index (χ1v) is 11.1. The first-order valence-electron chi connectivity index (χ1n) is 9.62. The second-order valence-electron chi connectivity index (χ2n) is 7.32. The molecule has 0 radical (unpaired) electrons. The maximum absolute atomic E-state index is 12.6. The molecule has 29 heavy (non-hydrogen) atoms. The quantitative estimate of drug-likeness (QED) is 0.570. The SMILES string of the molecule is CC(C)Cc1ccc(S(=O)(=O)NCc2cccc(OCc3ccccn3)c2)cc1. The zero-order valence-corrected chi connectivity index (χ0v) is 17.5. The number of nitrogens with zero attached hydrogens (tertiary/aromatic N) is 1. The van der Waals surface area contributed by atoms with Crippen LogP contribution < -0.4 is 9.46 Å². The zero-order chi connectivity index (χ0) is 20.7. The highest BCUT2D eigenvalue weighted by Gasteiger charge is 2.14. The van der Waals surface area contributed by atoms with E-state index in [-0.39, 0.29) is 11.4 Å². The van der Waals surface area contributed by atoms with Crippen molar-refractivity contribution in [3.8, 4) is 5.75 Å². The summed E-state index contributed by atoms with van der Waals surface area (Å²) >= 11 is 0. The summed E-state index contributed by atoms with van der Waals surface area (Å²) in [6.07, 6.45) is 2.65. The standard InChI is InChI=1S/C23H26N2O3S/c1-18(2)14-19-9-11-23(12-10-19)29(26,27)25-16-20-6-5-8-22(15-20)28-17-21-7-3-4-13-24-21/h3-13,15,18,25H,14,16-17H2,1-2H3. The second-order valence-corrected chi connectivity index (χ2v) is 9.09. The van der Waals surface area contributed by atoms with Crippen molar-refractivity contribution in [3.05, 3.63) is 89.7 Å². The second kappa shape index (κ2) is 9.67. The Bertz CT molecular complexity index is 1020. The Morgan fingerprint density at radius 1 is 0.966 bits per heavy atom. The minimum absolute atomic E-state index is 0.191. The molecule has 1 heterocycles. The van der Waals surface area contributed by atoms with Gasteiger partial charge in [0.2, 0.25) is 10.0 Å². The third kappa shape index (κ3) is 6.41. The van der Waals surface area contributed by atoms with Crippen molar-refractivity contribution in [2.24, 2.45) is 5.92 Å². The maximum atomic E-state index is 12.6. The van der Waals surface area contributed by atoms with Crippen LogP contribution in [-0.2, 0) is 29.6 Å². The molecule has 0 spiro atoms. The van der Waals surface area contributed by atoms with Gasteiger partial charge >= 0.3 is 0 Å². The molecule has 5 nitrogen and oxygen atoms in total. The minimum atomic E-state index is -3.57. The summed E-state index contributed by atoms with van der Waals surface area (Å²) in [7, 11) is -3.57. The number of pyridine rings is 1. The first-order chi connectivity index (χ1) is 13.9. The van der Waals surface area contributed by atoms with E-state index in [2.05, 4.69) is 23.6 Å². The molecule has 1 N–H and O–H groups in total. The van der Waals surface area contributed by atoms with E-state index in [0.717, 1.165) is 23.2 Å². The fourth-order valence-electron chi connectivity index (χ4n) is 2.92. The first kappa shape index (κ1) is 21.0. The number of rotatable bonds is 9. The molecule has 0 fully saturated rings. The highest BCUT2D eigenvalue weighted by atomic mass is 32.2. The predicted molar refractivity (Wildman–Crippen MR) is 114 cm³/mol. The van der Waals surface area contributed by atoms with Crippen LogP contribution in [0.4, 0.5) is 0 Å². The third-order valence-corrected chi connectivity index (χ3v) is 5.77. The number of hydrogen-bond acceptors (Lipinski definition) is 4. The van der Waals surface area contributed by atoms with Crippen LogP contribution in [-0.4, -0.2) is 13.4 Å². The van der Waals surface area contributed by atoms with E-state index in [1.165, 1.54) is 0 Å². The van der Waals surface area contributed by atoms with Crippen LogP contribution in [0.5, 0.6) is 5.75 Å². The topological polar surface area (TPSA) is 68.3 Å². The minimum Gasteiger partial charge on any atom is -0.487 e. The van der Waals surface area contributed by atoms with Crippen molar-refractivity contribution in [1.29, 1.82) is 0 Å². The summed E-state index contributed by atoms with van der Waals surface area (Å²) in [5.41, 5.74) is 2.79. The van der Waals surface area contributed by atoms with Gasteiger partial charge in [-0.3, -0.25) is 4.98 Å². The van der Waals surface area contributed by atoms with E-state index in [0.29, 0.717) is 18.3 Å². The number of benzene rings is 2. The maximum Gasteiger partial charge on any atom is 0.240 e. The van der Waals surface area contributed by atoms with Crippen LogP contribution in [0.3, 0.4) is 0 Å². The van der Waals surface area contributed by atoms with Crippen LogP contribution >= 0.6 is 0 Å². The van der Waals surface area contributed by atoms with Gasteiger partial charge < -0.3 is 4.74 Å². The molecule has 3 rings (SSSR count). The van der Waals surface area contributed by atoms with Crippen molar-refractivity contribution in [1.82, 2.24) is 9.71 Å². The Morgan fingerprint density at radius 2 is 1.76 bits per heavy atom. The van der Waals surface area contributed by atoms with Crippen molar-refractivity contribution in [3.63, 3.8) is 0 Å². The predicted octanol–water partition coefficient (Wildman–Crippen LogP) is 4.34. The molecule has 0 aliphatic heterocycles. The molecule has 0 atom stereocenters. The van der Waals surface area contributed by atoms with Crippen molar-refractivity contribution in [2.75, 3.05) is 0 Å². The summed E-state index contributed by atoms with van der Waals surface area (Å²) in [6, 6.07) is 20.1. The van der Waals surface area contributed by atoms with Crippen LogP contribution in [0, 0.1) is 5.92 Å². The van der Waals surface area contributed by atoms with Gasteiger partial charge in [-0.2, -0.15) is 0 Å². The molecule has 0 unspecified atom stereocenters. The molecule has 0 amide bonds. The summed E-state index contributed by atoms with van der Waals surface area (Å²) in [4.78, 5) is 4.49. The van der Waals surface area contributed by atoms with Crippen molar-refractivity contribution < 1.29 is 13.2 Å².